The van der Waals surface area contributed by atoms with Crippen LogP contribution in [0.2, 0.25) is 0 Å². The summed E-state index contributed by atoms with van der Waals surface area (Å²) in [5.74, 6) is -0.150. The fourth-order valence-electron chi connectivity index (χ4n) is 2.12. The van der Waals surface area contributed by atoms with Gasteiger partial charge in [0.2, 0.25) is 0 Å². The quantitative estimate of drug-likeness (QED) is 0.802. The number of benzene rings is 2. The van der Waals surface area contributed by atoms with Crippen molar-refractivity contribution in [3.8, 4) is 0 Å². The van der Waals surface area contributed by atoms with Gasteiger partial charge in [-0.25, -0.2) is 4.39 Å². The molecule has 0 bridgehead atoms. The Bertz CT molecular complexity index is 551. The molecule has 2 rings (SSSR count). The van der Waals surface area contributed by atoms with Gasteiger partial charge in [0, 0.05) is 18.7 Å². The van der Waals surface area contributed by atoms with E-state index in [1.165, 1.54) is 12.1 Å². The summed E-state index contributed by atoms with van der Waals surface area (Å²) < 4.78 is 12.8. The zero-order valence-corrected chi connectivity index (χ0v) is 11.6. The maximum absolute atomic E-state index is 12.8. The molecule has 2 nitrogen and oxygen atoms in total. The largest absolute Gasteiger partial charge is 0.364 e. The first-order valence-electron chi connectivity index (χ1n) is 6.75. The smallest absolute Gasteiger partial charge is 0.156 e. The summed E-state index contributed by atoms with van der Waals surface area (Å²) in [6, 6.07) is 16.0. The fourth-order valence-corrected chi connectivity index (χ4v) is 2.12. The number of halogens is 1. The molecule has 0 spiro atoms. The Hall–Kier alpha value is -2.16. The van der Waals surface area contributed by atoms with E-state index < -0.39 is 0 Å². The second-order valence-electron chi connectivity index (χ2n) is 4.69. The molecule has 0 aliphatic rings. The second-order valence-corrected chi connectivity index (χ2v) is 4.69. The lowest BCUT2D eigenvalue weighted by molar-refractivity contribution is -0.117. The monoisotopic (exact) mass is 271 g/mol. The second kappa shape index (κ2) is 6.85. The highest BCUT2D eigenvalue weighted by Crippen LogP contribution is 2.13. The van der Waals surface area contributed by atoms with Crippen molar-refractivity contribution in [3.63, 3.8) is 0 Å². The molecule has 0 fully saturated rings. The number of rotatable bonds is 6. The summed E-state index contributed by atoms with van der Waals surface area (Å²) in [5, 5.41) is 0. The van der Waals surface area contributed by atoms with Crippen molar-refractivity contribution in [3.05, 3.63) is 66.0 Å². The highest BCUT2D eigenvalue weighted by atomic mass is 19.1. The molecule has 0 saturated carbocycles. The number of anilines is 1. The molecule has 0 heterocycles. The zero-order valence-electron chi connectivity index (χ0n) is 11.6. The molecule has 3 heteroatoms. The van der Waals surface area contributed by atoms with Gasteiger partial charge in [-0.3, -0.25) is 4.79 Å². The molecule has 20 heavy (non-hydrogen) atoms. The lowest BCUT2D eigenvalue weighted by Gasteiger charge is -2.22. The first kappa shape index (κ1) is 14.3. The standard InChI is InChI=1S/C17H18FNO/c1-2-19(16-6-4-3-5-7-16)13-17(20)12-14-8-10-15(18)11-9-14/h3-11H,2,12-13H2,1H3. The van der Waals surface area contributed by atoms with Gasteiger partial charge in [-0.1, -0.05) is 30.3 Å². The van der Waals surface area contributed by atoms with Crippen LogP contribution in [0.3, 0.4) is 0 Å². The van der Waals surface area contributed by atoms with Crippen molar-refractivity contribution < 1.29 is 9.18 Å². The van der Waals surface area contributed by atoms with Crippen LogP contribution in [0, 0.1) is 5.82 Å². The van der Waals surface area contributed by atoms with Gasteiger partial charge >= 0.3 is 0 Å². The van der Waals surface area contributed by atoms with Crippen LogP contribution in [0.15, 0.2) is 54.6 Å². The zero-order chi connectivity index (χ0) is 14.4. The van der Waals surface area contributed by atoms with Crippen molar-refractivity contribution in [2.24, 2.45) is 0 Å². The summed E-state index contributed by atoms with van der Waals surface area (Å²) >= 11 is 0. The topological polar surface area (TPSA) is 20.3 Å². The van der Waals surface area contributed by atoms with E-state index in [0.29, 0.717) is 13.0 Å². The molecule has 0 aliphatic heterocycles. The van der Waals surface area contributed by atoms with Crippen LogP contribution in [0.5, 0.6) is 0 Å². The Morgan fingerprint density at radius 2 is 1.70 bits per heavy atom. The van der Waals surface area contributed by atoms with E-state index >= 15 is 0 Å². The minimum absolute atomic E-state index is 0.127. The van der Waals surface area contributed by atoms with E-state index in [2.05, 4.69) is 0 Å². The van der Waals surface area contributed by atoms with Gasteiger partial charge in [0.1, 0.15) is 5.82 Å². The van der Waals surface area contributed by atoms with E-state index in [1.807, 2.05) is 42.2 Å². The third-order valence-electron chi connectivity index (χ3n) is 3.18. The van der Waals surface area contributed by atoms with Crippen molar-refractivity contribution >= 4 is 11.5 Å². The number of carbonyl (C=O) groups excluding carboxylic acids is 1. The summed E-state index contributed by atoms with van der Waals surface area (Å²) in [4.78, 5) is 14.1. The van der Waals surface area contributed by atoms with Gasteiger partial charge in [0.05, 0.1) is 6.54 Å². The number of ketones is 1. The maximum Gasteiger partial charge on any atom is 0.156 e. The average Bonchev–Trinajstić information content (AvgIpc) is 2.48. The summed E-state index contributed by atoms with van der Waals surface area (Å²) in [7, 11) is 0. The molecule has 0 aromatic heterocycles. The number of carbonyl (C=O) groups is 1. The van der Waals surface area contributed by atoms with Crippen molar-refractivity contribution in [1.29, 1.82) is 0 Å². The molecular formula is C17H18FNO. The molecule has 0 unspecified atom stereocenters. The van der Waals surface area contributed by atoms with Crippen LogP contribution in [0.25, 0.3) is 0 Å². The van der Waals surface area contributed by atoms with Gasteiger partial charge in [0.15, 0.2) is 5.78 Å². The van der Waals surface area contributed by atoms with Crippen LogP contribution in [-0.4, -0.2) is 18.9 Å². The molecule has 2 aromatic rings. The fraction of sp³-hybridized carbons (Fsp3) is 0.235. The van der Waals surface area contributed by atoms with Gasteiger partial charge in [0.25, 0.3) is 0 Å². The number of Topliss-reactive ketones (excluding diaryl/α,β-unsaturated/α-hetero) is 1. The van der Waals surface area contributed by atoms with E-state index in [4.69, 9.17) is 0 Å². The van der Waals surface area contributed by atoms with Crippen molar-refractivity contribution in [2.75, 3.05) is 18.0 Å². The van der Waals surface area contributed by atoms with E-state index in [1.54, 1.807) is 12.1 Å². The first-order chi connectivity index (χ1) is 9.69. The third-order valence-corrected chi connectivity index (χ3v) is 3.18. The maximum atomic E-state index is 12.8. The lowest BCUT2D eigenvalue weighted by atomic mass is 10.1. The lowest BCUT2D eigenvalue weighted by Crippen LogP contribution is -2.30. The van der Waals surface area contributed by atoms with E-state index in [0.717, 1.165) is 17.8 Å². The molecule has 0 amide bonds. The number of para-hydroxylation sites is 1. The summed E-state index contributed by atoms with van der Waals surface area (Å²) in [6.45, 7) is 3.18. The Kier molecular flexibility index (Phi) is 4.88. The van der Waals surface area contributed by atoms with Crippen LogP contribution >= 0.6 is 0 Å². The predicted octanol–water partition coefficient (Wildman–Crippen LogP) is 3.46. The van der Waals surface area contributed by atoms with E-state index in [9.17, 15) is 9.18 Å². The molecular weight excluding hydrogens is 253 g/mol. The van der Waals surface area contributed by atoms with Gasteiger partial charge in [-0.05, 0) is 36.8 Å². The number of hydrogen-bond donors (Lipinski definition) is 0. The number of hydrogen-bond acceptors (Lipinski definition) is 2. The minimum atomic E-state index is -0.277. The Morgan fingerprint density at radius 1 is 1.05 bits per heavy atom. The highest BCUT2D eigenvalue weighted by molar-refractivity contribution is 5.85. The molecule has 0 radical (unpaired) electrons. The summed E-state index contributed by atoms with van der Waals surface area (Å²) in [6.07, 6.45) is 0.337. The third kappa shape index (κ3) is 3.92. The SMILES string of the molecule is CCN(CC(=O)Cc1ccc(F)cc1)c1ccccc1. The van der Waals surface area contributed by atoms with Crippen molar-refractivity contribution in [2.45, 2.75) is 13.3 Å². The van der Waals surface area contributed by atoms with E-state index in [-0.39, 0.29) is 11.6 Å². The minimum Gasteiger partial charge on any atom is -0.364 e. The van der Waals surface area contributed by atoms with Crippen molar-refractivity contribution in [1.82, 2.24) is 0 Å². The Balaban J connectivity index is 1.97. The van der Waals surface area contributed by atoms with Crippen LogP contribution in [0.1, 0.15) is 12.5 Å². The molecule has 104 valence electrons. The van der Waals surface area contributed by atoms with Crippen LogP contribution < -0.4 is 4.90 Å². The molecule has 0 aliphatic carbocycles. The predicted molar refractivity (Wildman–Crippen MR) is 79.4 cm³/mol. The van der Waals surface area contributed by atoms with Gasteiger partial charge in [-0.15, -0.1) is 0 Å². The average molecular weight is 271 g/mol. The van der Waals surface area contributed by atoms with Gasteiger partial charge < -0.3 is 4.90 Å². The number of likely N-dealkylation sites (N-methyl/N-ethyl adjacent to an activating group) is 1. The molecule has 0 atom stereocenters. The number of nitrogens with zero attached hydrogens (tertiary/aromatic N) is 1. The summed E-state index contributed by atoms with van der Waals surface area (Å²) in [5.41, 5.74) is 1.89. The molecule has 0 saturated heterocycles. The van der Waals surface area contributed by atoms with Crippen LogP contribution in [0.4, 0.5) is 10.1 Å². The van der Waals surface area contributed by atoms with Crippen LogP contribution in [-0.2, 0) is 11.2 Å². The normalized spacial score (nSPS) is 10.3. The Labute approximate surface area is 118 Å². The Morgan fingerprint density at radius 3 is 2.30 bits per heavy atom. The molecule has 0 N–H and O–H groups in total. The molecule has 2 aromatic carbocycles. The highest BCUT2D eigenvalue weighted by Gasteiger charge is 2.10. The van der Waals surface area contributed by atoms with Gasteiger partial charge in [-0.2, -0.15) is 0 Å². The first-order valence-corrected chi connectivity index (χ1v) is 6.75.